The number of anilines is 2. The van der Waals surface area contributed by atoms with Crippen molar-refractivity contribution in [2.24, 2.45) is 0 Å². The van der Waals surface area contributed by atoms with E-state index >= 15 is 0 Å². The standard InChI is InChI=1S/C21H17N5O3S/c1-12(20(28)26-11-18(27)23-16-8-4-5-9-17(16)26)30-21-25-24-19(29-21)14-10-22-15-7-3-2-6-13(14)15/h2-10,12,22H,11H2,1H3,(H,23,27). The van der Waals surface area contributed by atoms with Gasteiger partial charge in [-0.15, -0.1) is 10.2 Å². The second-order valence-electron chi connectivity index (χ2n) is 6.87. The van der Waals surface area contributed by atoms with Crippen LogP contribution in [0.3, 0.4) is 0 Å². The number of carbonyl (C=O) groups excluding carboxylic acids is 2. The molecule has 0 fully saturated rings. The van der Waals surface area contributed by atoms with Crippen LogP contribution in [0.25, 0.3) is 22.4 Å². The fourth-order valence-electron chi connectivity index (χ4n) is 3.47. The van der Waals surface area contributed by atoms with Crippen LogP contribution in [-0.2, 0) is 9.59 Å². The van der Waals surface area contributed by atoms with Gasteiger partial charge in [0.25, 0.3) is 11.1 Å². The van der Waals surface area contributed by atoms with Crippen LogP contribution in [0.4, 0.5) is 11.4 Å². The molecule has 2 amide bonds. The van der Waals surface area contributed by atoms with Gasteiger partial charge in [-0.3, -0.25) is 14.5 Å². The number of fused-ring (bicyclic) bond motifs is 2. The molecule has 9 heteroatoms. The molecule has 2 aromatic carbocycles. The Kier molecular flexibility index (Phi) is 4.51. The smallest absolute Gasteiger partial charge is 0.277 e. The van der Waals surface area contributed by atoms with Gasteiger partial charge in [0, 0.05) is 17.1 Å². The topological polar surface area (TPSA) is 104 Å². The lowest BCUT2D eigenvalue weighted by atomic mass is 10.2. The first-order chi connectivity index (χ1) is 14.6. The van der Waals surface area contributed by atoms with Crippen molar-refractivity contribution >= 4 is 45.9 Å². The molecule has 0 aliphatic carbocycles. The summed E-state index contributed by atoms with van der Waals surface area (Å²) in [6.07, 6.45) is 1.82. The first-order valence-electron chi connectivity index (χ1n) is 9.37. The van der Waals surface area contributed by atoms with Gasteiger partial charge < -0.3 is 14.7 Å². The summed E-state index contributed by atoms with van der Waals surface area (Å²) in [6.45, 7) is 1.74. The van der Waals surface area contributed by atoms with Gasteiger partial charge in [-0.1, -0.05) is 42.1 Å². The number of nitrogens with zero attached hydrogens (tertiary/aromatic N) is 3. The van der Waals surface area contributed by atoms with Gasteiger partial charge in [-0.05, 0) is 25.1 Å². The van der Waals surface area contributed by atoms with Crippen LogP contribution in [-0.4, -0.2) is 38.8 Å². The maximum absolute atomic E-state index is 13.1. The predicted octanol–water partition coefficient (Wildman–Crippen LogP) is 3.68. The Hall–Kier alpha value is -3.59. The van der Waals surface area contributed by atoms with Crippen LogP contribution in [0.15, 0.2) is 64.4 Å². The molecule has 3 heterocycles. The predicted molar refractivity (Wildman–Crippen MR) is 114 cm³/mol. The van der Waals surface area contributed by atoms with E-state index in [2.05, 4.69) is 20.5 Å². The highest BCUT2D eigenvalue weighted by Crippen LogP contribution is 2.33. The molecular formula is C21H17N5O3S. The Labute approximate surface area is 175 Å². The number of aromatic nitrogens is 3. The van der Waals surface area contributed by atoms with Crippen molar-refractivity contribution in [3.05, 3.63) is 54.7 Å². The summed E-state index contributed by atoms with van der Waals surface area (Å²) < 4.78 is 5.81. The van der Waals surface area contributed by atoms with Crippen molar-refractivity contribution < 1.29 is 14.0 Å². The van der Waals surface area contributed by atoms with Gasteiger partial charge in [0.15, 0.2) is 0 Å². The third kappa shape index (κ3) is 3.22. The summed E-state index contributed by atoms with van der Waals surface area (Å²) in [6, 6.07) is 15.1. The second kappa shape index (κ2) is 7.34. The maximum atomic E-state index is 13.1. The number of rotatable bonds is 4. The SMILES string of the molecule is CC(Sc1nnc(-c2c[nH]c3ccccc23)o1)C(=O)N1CC(=O)Nc2ccccc21. The van der Waals surface area contributed by atoms with E-state index in [1.807, 2.05) is 48.7 Å². The molecule has 5 rings (SSSR count). The van der Waals surface area contributed by atoms with E-state index in [1.165, 1.54) is 16.7 Å². The van der Waals surface area contributed by atoms with E-state index in [9.17, 15) is 9.59 Å². The number of hydrogen-bond donors (Lipinski definition) is 2. The van der Waals surface area contributed by atoms with Crippen LogP contribution in [0.2, 0.25) is 0 Å². The summed E-state index contributed by atoms with van der Waals surface area (Å²) in [5.41, 5.74) is 3.09. The van der Waals surface area contributed by atoms with Crippen molar-refractivity contribution in [3.63, 3.8) is 0 Å². The van der Waals surface area contributed by atoms with Crippen molar-refractivity contribution in [1.82, 2.24) is 15.2 Å². The Bertz CT molecular complexity index is 1260. The molecule has 0 bridgehead atoms. The average Bonchev–Trinajstić information content (AvgIpc) is 3.39. The number of hydrogen-bond acceptors (Lipinski definition) is 6. The number of para-hydroxylation sites is 3. The highest BCUT2D eigenvalue weighted by molar-refractivity contribution is 8.00. The van der Waals surface area contributed by atoms with Gasteiger partial charge in [0.05, 0.1) is 22.2 Å². The first-order valence-corrected chi connectivity index (χ1v) is 10.2. The van der Waals surface area contributed by atoms with Gasteiger partial charge >= 0.3 is 0 Å². The Morgan fingerprint density at radius 2 is 1.97 bits per heavy atom. The molecule has 4 aromatic rings. The summed E-state index contributed by atoms with van der Waals surface area (Å²) in [5, 5.41) is 11.8. The van der Waals surface area contributed by atoms with E-state index in [0.29, 0.717) is 22.5 Å². The minimum Gasteiger partial charge on any atom is -0.411 e. The summed E-state index contributed by atoms with van der Waals surface area (Å²) in [4.78, 5) is 29.7. The zero-order valence-corrected chi connectivity index (χ0v) is 16.8. The lowest BCUT2D eigenvalue weighted by Gasteiger charge is -2.30. The van der Waals surface area contributed by atoms with Crippen molar-refractivity contribution in [2.75, 3.05) is 16.8 Å². The zero-order chi connectivity index (χ0) is 20.7. The van der Waals surface area contributed by atoms with Crippen LogP contribution in [0.1, 0.15) is 6.92 Å². The second-order valence-corrected chi connectivity index (χ2v) is 8.16. The Balaban J connectivity index is 1.36. The van der Waals surface area contributed by atoms with Gasteiger partial charge in [0.1, 0.15) is 6.54 Å². The monoisotopic (exact) mass is 419 g/mol. The zero-order valence-electron chi connectivity index (χ0n) is 16.0. The summed E-state index contributed by atoms with van der Waals surface area (Å²) in [5.74, 6) is -0.0369. The minimum absolute atomic E-state index is 0.0226. The lowest BCUT2D eigenvalue weighted by Crippen LogP contribution is -2.45. The van der Waals surface area contributed by atoms with E-state index in [4.69, 9.17) is 4.42 Å². The maximum Gasteiger partial charge on any atom is 0.277 e. The molecule has 8 nitrogen and oxygen atoms in total. The van der Waals surface area contributed by atoms with Crippen molar-refractivity contribution in [3.8, 4) is 11.5 Å². The highest BCUT2D eigenvalue weighted by atomic mass is 32.2. The molecule has 2 N–H and O–H groups in total. The number of carbonyl (C=O) groups is 2. The third-order valence-electron chi connectivity index (χ3n) is 4.89. The quantitative estimate of drug-likeness (QED) is 0.489. The molecule has 1 aliphatic rings. The van der Waals surface area contributed by atoms with Crippen LogP contribution in [0.5, 0.6) is 0 Å². The number of H-pyrrole nitrogens is 1. The molecule has 150 valence electrons. The van der Waals surface area contributed by atoms with Gasteiger partial charge in [0.2, 0.25) is 11.8 Å². The Morgan fingerprint density at radius 1 is 1.17 bits per heavy atom. The van der Waals surface area contributed by atoms with Gasteiger partial charge in [-0.25, -0.2) is 0 Å². The van der Waals surface area contributed by atoms with Crippen LogP contribution < -0.4 is 10.2 Å². The molecule has 2 aromatic heterocycles. The fourth-order valence-corrected chi connectivity index (χ4v) is 4.21. The lowest BCUT2D eigenvalue weighted by molar-refractivity contribution is -0.121. The number of nitrogens with one attached hydrogen (secondary N) is 2. The number of benzene rings is 2. The molecule has 1 aliphatic heterocycles. The first kappa shape index (κ1) is 18.4. The van der Waals surface area contributed by atoms with E-state index in [-0.39, 0.29) is 18.4 Å². The molecule has 30 heavy (non-hydrogen) atoms. The van der Waals surface area contributed by atoms with Crippen molar-refractivity contribution in [2.45, 2.75) is 17.4 Å². The van der Waals surface area contributed by atoms with Crippen LogP contribution >= 0.6 is 11.8 Å². The number of aromatic amines is 1. The fraction of sp³-hybridized carbons (Fsp3) is 0.143. The normalized spacial score (nSPS) is 14.4. The summed E-state index contributed by atoms with van der Waals surface area (Å²) in [7, 11) is 0. The Morgan fingerprint density at radius 3 is 2.87 bits per heavy atom. The van der Waals surface area contributed by atoms with Gasteiger partial charge in [-0.2, -0.15) is 0 Å². The molecule has 0 saturated heterocycles. The minimum atomic E-state index is -0.514. The van der Waals surface area contributed by atoms with E-state index in [1.54, 1.807) is 13.0 Å². The molecule has 0 saturated carbocycles. The van der Waals surface area contributed by atoms with E-state index in [0.717, 1.165) is 16.5 Å². The number of amides is 2. The third-order valence-corrected chi connectivity index (χ3v) is 5.81. The molecule has 1 unspecified atom stereocenters. The molecule has 0 spiro atoms. The summed E-state index contributed by atoms with van der Waals surface area (Å²) >= 11 is 1.17. The van der Waals surface area contributed by atoms with Crippen molar-refractivity contribution in [1.29, 1.82) is 0 Å². The molecular weight excluding hydrogens is 402 g/mol. The number of thioether (sulfide) groups is 1. The molecule has 1 atom stereocenters. The van der Waals surface area contributed by atoms with Crippen LogP contribution in [0, 0.1) is 0 Å². The average molecular weight is 419 g/mol. The van der Waals surface area contributed by atoms with E-state index < -0.39 is 5.25 Å². The largest absolute Gasteiger partial charge is 0.411 e. The molecule has 0 radical (unpaired) electrons. The highest BCUT2D eigenvalue weighted by Gasteiger charge is 2.31.